The zero-order valence-electron chi connectivity index (χ0n) is 30.4. The van der Waals surface area contributed by atoms with Crippen molar-refractivity contribution in [1.82, 2.24) is 20.4 Å². The van der Waals surface area contributed by atoms with Gasteiger partial charge in [0.05, 0.1) is 30.8 Å². The van der Waals surface area contributed by atoms with Gasteiger partial charge in [-0.2, -0.15) is 5.26 Å². The van der Waals surface area contributed by atoms with Gasteiger partial charge in [0, 0.05) is 41.0 Å². The number of rotatable bonds is 12. The summed E-state index contributed by atoms with van der Waals surface area (Å²) in [5.41, 5.74) is 7.55. The molecular weight excluding hydrogens is 630 g/mol. The molecule has 1 saturated heterocycles. The SMILES string of the molecule is C#CCOc1c(C)c2c(c3c1CC1[C@H]4c5c(cc(C)c(OC)c5C)C[C@@H](C(C#N)N1[C@@]3(C)CNC(=C)[C@H](C)NC(=C)OCC=C)N4C)OCO2. The van der Waals surface area contributed by atoms with Gasteiger partial charge in [0.1, 0.15) is 30.8 Å². The molecule has 0 spiro atoms. The number of ether oxygens (including phenoxy) is 5. The molecule has 4 aliphatic rings. The van der Waals surface area contributed by atoms with Crippen molar-refractivity contribution >= 4 is 0 Å². The Hall–Kier alpha value is -4.77. The van der Waals surface area contributed by atoms with E-state index in [1.54, 1.807) is 13.2 Å². The Kier molecular flexibility index (Phi) is 9.47. The van der Waals surface area contributed by atoms with E-state index in [0.29, 0.717) is 42.7 Å². The lowest BCUT2D eigenvalue weighted by atomic mass is 9.67. The van der Waals surface area contributed by atoms with Crippen LogP contribution in [0.2, 0.25) is 0 Å². The lowest BCUT2D eigenvalue weighted by Gasteiger charge is -2.63. The van der Waals surface area contributed by atoms with Crippen molar-refractivity contribution in [3.05, 3.63) is 82.4 Å². The first kappa shape index (κ1) is 35.1. The lowest BCUT2D eigenvalue weighted by Crippen LogP contribution is -2.73. The minimum absolute atomic E-state index is 0.0318. The van der Waals surface area contributed by atoms with E-state index in [0.717, 1.165) is 45.7 Å². The maximum atomic E-state index is 11.1. The largest absolute Gasteiger partial charge is 0.496 e. The van der Waals surface area contributed by atoms with Crippen LogP contribution in [0.3, 0.4) is 0 Å². The number of terminal acetylenes is 1. The molecule has 0 aromatic heterocycles. The highest BCUT2D eigenvalue weighted by molar-refractivity contribution is 5.67. The standard InChI is InChI=1S/C40H49N5O5/c1-12-14-47-27(8)43-26(7)25(6)42-20-40(9)34-29(37(48-15-13-2)24(5)38-39(34)50-21-49-38)18-31-35-33-23(4)36(46-11)22(3)16-28(33)17-30(44(35)10)32(19-41)45(31)40/h2,12,16,26,30-32,35,42-43H,1,6,8,14-15,17-18,20-21H2,3-5,7,9-11H3/t26-,30-,31?,32?,35-,40-/m0/s1. The molecule has 0 aliphatic carbocycles. The van der Waals surface area contributed by atoms with Crippen LogP contribution in [0.15, 0.2) is 43.5 Å². The van der Waals surface area contributed by atoms with E-state index in [9.17, 15) is 5.26 Å². The zero-order valence-corrected chi connectivity index (χ0v) is 30.4. The second-order valence-corrected chi connectivity index (χ2v) is 14.0. The van der Waals surface area contributed by atoms with Gasteiger partial charge in [0.25, 0.3) is 0 Å². The highest BCUT2D eigenvalue weighted by atomic mass is 16.7. The van der Waals surface area contributed by atoms with E-state index in [4.69, 9.17) is 30.1 Å². The first-order valence-corrected chi connectivity index (χ1v) is 17.1. The van der Waals surface area contributed by atoms with Crippen molar-refractivity contribution in [1.29, 1.82) is 5.26 Å². The second kappa shape index (κ2) is 13.5. The van der Waals surface area contributed by atoms with Gasteiger partial charge in [-0.25, -0.2) is 0 Å². The molecule has 2 aromatic carbocycles. The fourth-order valence-electron chi connectivity index (χ4n) is 8.99. The summed E-state index contributed by atoms with van der Waals surface area (Å²) in [6.07, 6.45) is 8.76. The van der Waals surface area contributed by atoms with E-state index in [1.807, 2.05) is 13.8 Å². The van der Waals surface area contributed by atoms with Crippen molar-refractivity contribution in [3.63, 3.8) is 0 Å². The van der Waals surface area contributed by atoms with Crippen molar-refractivity contribution in [2.45, 2.75) is 83.2 Å². The average molecular weight is 680 g/mol. The molecule has 2 bridgehead atoms. The number of fused-ring (bicyclic) bond motifs is 9. The molecule has 50 heavy (non-hydrogen) atoms. The molecule has 10 nitrogen and oxygen atoms in total. The van der Waals surface area contributed by atoms with Gasteiger partial charge in [0.2, 0.25) is 6.79 Å². The lowest BCUT2D eigenvalue weighted by molar-refractivity contribution is -0.105. The third-order valence-electron chi connectivity index (χ3n) is 11.1. The predicted molar refractivity (Wildman–Crippen MR) is 193 cm³/mol. The van der Waals surface area contributed by atoms with Crippen LogP contribution in [-0.2, 0) is 23.1 Å². The Balaban J connectivity index is 1.53. The molecule has 2 unspecified atom stereocenters. The number of nitrogens with zero attached hydrogens (tertiary/aromatic N) is 3. The van der Waals surface area contributed by atoms with E-state index in [-0.39, 0.29) is 37.6 Å². The first-order chi connectivity index (χ1) is 23.9. The number of piperazine rings is 1. The van der Waals surface area contributed by atoms with Crippen LogP contribution in [0.1, 0.15) is 58.8 Å². The van der Waals surface area contributed by atoms with Gasteiger partial charge in [-0.1, -0.05) is 31.2 Å². The van der Waals surface area contributed by atoms with Crippen molar-refractivity contribution in [2.24, 2.45) is 0 Å². The summed E-state index contributed by atoms with van der Waals surface area (Å²) in [6.45, 7) is 23.5. The number of hydrogen-bond donors (Lipinski definition) is 2. The summed E-state index contributed by atoms with van der Waals surface area (Å²) in [7, 11) is 3.90. The highest BCUT2D eigenvalue weighted by Crippen LogP contribution is 2.59. The zero-order chi connectivity index (χ0) is 36.1. The maximum Gasteiger partial charge on any atom is 0.231 e. The van der Waals surface area contributed by atoms with Crippen molar-refractivity contribution in [3.8, 4) is 41.4 Å². The van der Waals surface area contributed by atoms with Gasteiger partial charge in [-0.3, -0.25) is 9.80 Å². The monoisotopic (exact) mass is 679 g/mol. The Morgan fingerprint density at radius 3 is 2.60 bits per heavy atom. The first-order valence-electron chi connectivity index (χ1n) is 17.1. The molecule has 264 valence electrons. The fraction of sp³-hybridized carbons (Fsp3) is 0.475. The maximum absolute atomic E-state index is 11.1. The van der Waals surface area contributed by atoms with E-state index in [1.165, 1.54) is 11.1 Å². The molecule has 1 fully saturated rings. The molecule has 6 atom stereocenters. The molecule has 4 aliphatic heterocycles. The van der Waals surface area contributed by atoms with Crippen LogP contribution in [-0.4, -0.2) is 74.7 Å². The average Bonchev–Trinajstić information content (AvgIpc) is 3.57. The van der Waals surface area contributed by atoms with Crippen LogP contribution >= 0.6 is 0 Å². The third kappa shape index (κ3) is 5.42. The van der Waals surface area contributed by atoms with Crippen LogP contribution in [0, 0.1) is 44.4 Å². The summed E-state index contributed by atoms with van der Waals surface area (Å²) >= 11 is 0. The molecular formula is C40H49N5O5. The molecule has 6 rings (SSSR count). The number of benzene rings is 2. The van der Waals surface area contributed by atoms with Gasteiger partial charge in [-0.05, 0) is 83.3 Å². The molecule has 0 radical (unpaired) electrons. The number of nitriles is 1. The van der Waals surface area contributed by atoms with Crippen LogP contribution < -0.4 is 29.6 Å². The fourth-order valence-corrected chi connectivity index (χ4v) is 8.99. The summed E-state index contributed by atoms with van der Waals surface area (Å²) in [5, 5.41) is 18.0. The van der Waals surface area contributed by atoms with Crippen LogP contribution in [0.5, 0.6) is 23.0 Å². The van der Waals surface area contributed by atoms with E-state index in [2.05, 4.69) is 86.0 Å². The molecule has 2 aromatic rings. The van der Waals surface area contributed by atoms with E-state index < -0.39 is 11.6 Å². The van der Waals surface area contributed by atoms with Crippen molar-refractivity contribution < 1.29 is 23.7 Å². The summed E-state index contributed by atoms with van der Waals surface area (Å²) in [5.74, 6) is 6.03. The summed E-state index contributed by atoms with van der Waals surface area (Å²) < 4.78 is 30.3. The molecule has 10 heteroatoms. The third-order valence-corrected chi connectivity index (χ3v) is 11.1. The molecule has 0 amide bonds. The topological polar surface area (TPSA) is 100 Å². The number of likely N-dealkylation sites (N-methyl/N-ethyl adjacent to an activating group) is 1. The highest BCUT2D eigenvalue weighted by Gasteiger charge is 2.60. The Morgan fingerprint density at radius 1 is 1.18 bits per heavy atom. The second-order valence-electron chi connectivity index (χ2n) is 14.0. The number of hydrogen-bond acceptors (Lipinski definition) is 10. The number of aryl methyl sites for hydroxylation is 1. The Bertz CT molecular complexity index is 1820. The predicted octanol–water partition coefficient (Wildman–Crippen LogP) is 5.06. The van der Waals surface area contributed by atoms with Crippen molar-refractivity contribution in [2.75, 3.05) is 40.7 Å². The van der Waals surface area contributed by atoms with Gasteiger partial charge < -0.3 is 34.3 Å². The molecule has 2 N–H and O–H groups in total. The van der Waals surface area contributed by atoms with Gasteiger partial charge in [0.15, 0.2) is 17.4 Å². The summed E-state index contributed by atoms with van der Waals surface area (Å²) in [4.78, 5) is 4.85. The minimum Gasteiger partial charge on any atom is -0.496 e. The van der Waals surface area contributed by atoms with Gasteiger partial charge >= 0.3 is 0 Å². The smallest absolute Gasteiger partial charge is 0.231 e. The van der Waals surface area contributed by atoms with E-state index >= 15 is 0 Å². The quantitative estimate of drug-likeness (QED) is 0.180. The van der Waals surface area contributed by atoms with Crippen LogP contribution in [0.4, 0.5) is 0 Å². The van der Waals surface area contributed by atoms with Crippen LogP contribution in [0.25, 0.3) is 0 Å². The molecule has 4 heterocycles. The Labute approximate surface area is 296 Å². The summed E-state index contributed by atoms with van der Waals surface area (Å²) in [6, 6.07) is 4.17. The minimum atomic E-state index is -0.782. The molecule has 0 saturated carbocycles. The Morgan fingerprint density at radius 2 is 1.92 bits per heavy atom. The normalized spacial score (nSPS) is 25.1. The number of methoxy groups -OCH3 is 1. The van der Waals surface area contributed by atoms with Gasteiger partial charge in [-0.15, -0.1) is 6.42 Å². The number of nitrogens with one attached hydrogen (secondary N) is 2.